The minimum absolute atomic E-state index is 0.114. The van der Waals surface area contributed by atoms with Gasteiger partial charge < -0.3 is 20.3 Å². The summed E-state index contributed by atoms with van der Waals surface area (Å²) in [6.45, 7) is 1.92. The molecule has 2 unspecified atom stereocenters. The predicted octanol–water partition coefficient (Wildman–Crippen LogP) is 0.206. The van der Waals surface area contributed by atoms with E-state index in [0.717, 1.165) is 0 Å². The maximum Gasteiger partial charge on any atom is 0.326 e. The van der Waals surface area contributed by atoms with Crippen molar-refractivity contribution in [2.24, 2.45) is 5.92 Å². The van der Waals surface area contributed by atoms with Crippen molar-refractivity contribution in [1.82, 2.24) is 20.2 Å². The maximum absolute atomic E-state index is 11.9. The summed E-state index contributed by atoms with van der Waals surface area (Å²) in [6.07, 6.45) is 3.06. The number of nitriles is 1. The van der Waals surface area contributed by atoms with Crippen LogP contribution in [0.1, 0.15) is 12.6 Å². The first-order chi connectivity index (χ1) is 9.43. The number of hydrogen-bond acceptors (Lipinski definition) is 4. The molecule has 0 fully saturated rings. The summed E-state index contributed by atoms with van der Waals surface area (Å²) < 4.78 is 0. The molecule has 2 atom stereocenters. The minimum atomic E-state index is -1.13. The molecular weight excluding hydrogens is 262 g/mol. The lowest BCUT2D eigenvalue weighted by molar-refractivity contribution is -0.139. The van der Waals surface area contributed by atoms with Crippen LogP contribution in [0.25, 0.3) is 0 Å². The van der Waals surface area contributed by atoms with Crippen molar-refractivity contribution in [2.45, 2.75) is 19.4 Å². The minimum Gasteiger partial charge on any atom is -0.480 e. The Balaban J connectivity index is 2.59. The number of aromatic nitrogens is 2. The molecule has 0 aliphatic heterocycles. The van der Waals surface area contributed by atoms with Gasteiger partial charge in [-0.25, -0.2) is 14.6 Å². The fourth-order valence-corrected chi connectivity index (χ4v) is 1.61. The van der Waals surface area contributed by atoms with Crippen molar-refractivity contribution in [3.05, 3.63) is 18.2 Å². The van der Waals surface area contributed by atoms with E-state index in [1.165, 1.54) is 24.5 Å². The van der Waals surface area contributed by atoms with Gasteiger partial charge in [-0.15, -0.1) is 0 Å². The van der Waals surface area contributed by atoms with Gasteiger partial charge in [0.05, 0.1) is 18.3 Å². The van der Waals surface area contributed by atoms with E-state index in [0.29, 0.717) is 5.69 Å². The number of nitrogens with one attached hydrogen (secondary N) is 2. The Morgan fingerprint density at radius 1 is 1.65 bits per heavy atom. The normalized spacial score (nSPS) is 13.1. The number of aromatic amines is 1. The number of carbonyl (C=O) groups excluding carboxylic acids is 1. The first kappa shape index (κ1) is 15.5. The van der Waals surface area contributed by atoms with Crippen molar-refractivity contribution in [1.29, 1.82) is 5.26 Å². The first-order valence-corrected chi connectivity index (χ1v) is 6.05. The van der Waals surface area contributed by atoms with Crippen LogP contribution in [0.4, 0.5) is 4.79 Å². The number of aliphatic carboxylic acids is 1. The lowest BCUT2D eigenvalue weighted by Crippen LogP contribution is -2.48. The van der Waals surface area contributed by atoms with Crippen LogP contribution in [0, 0.1) is 17.2 Å². The van der Waals surface area contributed by atoms with Gasteiger partial charge in [-0.05, 0) is 6.92 Å². The van der Waals surface area contributed by atoms with Crippen LogP contribution < -0.4 is 5.32 Å². The van der Waals surface area contributed by atoms with Gasteiger partial charge in [0, 0.05) is 31.9 Å². The highest BCUT2D eigenvalue weighted by molar-refractivity contribution is 5.82. The van der Waals surface area contributed by atoms with Gasteiger partial charge in [0.25, 0.3) is 0 Å². The number of H-pyrrole nitrogens is 1. The summed E-state index contributed by atoms with van der Waals surface area (Å²) in [5.41, 5.74) is 0.616. The number of carboxylic acid groups (broad SMARTS) is 1. The molecule has 0 saturated carbocycles. The van der Waals surface area contributed by atoms with Gasteiger partial charge in [-0.2, -0.15) is 5.26 Å². The molecular formula is C12H17N5O3. The molecule has 0 aliphatic rings. The molecule has 1 aromatic rings. The molecule has 1 rings (SSSR count). The summed E-state index contributed by atoms with van der Waals surface area (Å²) in [7, 11) is 1.51. The zero-order valence-corrected chi connectivity index (χ0v) is 11.3. The van der Waals surface area contributed by atoms with Crippen LogP contribution in [0.15, 0.2) is 12.5 Å². The molecule has 1 heterocycles. The van der Waals surface area contributed by atoms with E-state index in [1.54, 1.807) is 6.92 Å². The molecule has 0 aromatic carbocycles. The predicted molar refractivity (Wildman–Crippen MR) is 69.7 cm³/mol. The molecule has 8 nitrogen and oxygen atoms in total. The third kappa shape index (κ3) is 4.61. The number of carbonyl (C=O) groups is 2. The number of rotatable bonds is 6. The Kier molecular flexibility index (Phi) is 5.53. The molecule has 3 N–H and O–H groups in total. The standard InChI is InChI=1S/C12H17N5O3/c1-8(4-13)6-17(2)12(20)16-10(11(18)19)3-9-5-14-7-15-9/h5,7-8,10H,3,6H2,1-2H3,(H,14,15)(H,16,20)(H,18,19). The lowest BCUT2D eigenvalue weighted by atomic mass is 10.1. The summed E-state index contributed by atoms with van der Waals surface area (Å²) in [6, 6.07) is 0.430. The summed E-state index contributed by atoms with van der Waals surface area (Å²) in [5, 5.41) is 20.2. The van der Waals surface area contributed by atoms with Crippen LogP contribution in [0.5, 0.6) is 0 Å². The SMILES string of the molecule is CC(C#N)CN(C)C(=O)NC(Cc1cnc[nH]1)C(=O)O. The summed E-state index contributed by atoms with van der Waals surface area (Å²) in [4.78, 5) is 30.9. The van der Waals surface area contributed by atoms with Crippen LogP contribution in [-0.2, 0) is 11.2 Å². The molecule has 0 spiro atoms. The van der Waals surface area contributed by atoms with Gasteiger partial charge in [0.1, 0.15) is 6.04 Å². The third-order valence-electron chi connectivity index (χ3n) is 2.69. The second-order valence-electron chi connectivity index (χ2n) is 4.53. The zero-order chi connectivity index (χ0) is 15.1. The van der Waals surface area contributed by atoms with E-state index in [4.69, 9.17) is 10.4 Å². The second-order valence-corrected chi connectivity index (χ2v) is 4.53. The number of imidazole rings is 1. The summed E-state index contributed by atoms with van der Waals surface area (Å²) in [5.74, 6) is -1.45. The number of urea groups is 1. The van der Waals surface area contributed by atoms with E-state index < -0.39 is 18.0 Å². The first-order valence-electron chi connectivity index (χ1n) is 6.05. The molecule has 20 heavy (non-hydrogen) atoms. The van der Waals surface area contributed by atoms with Crippen LogP contribution >= 0.6 is 0 Å². The zero-order valence-electron chi connectivity index (χ0n) is 11.3. The molecule has 0 saturated heterocycles. The van der Waals surface area contributed by atoms with Crippen molar-refractivity contribution in [3.8, 4) is 6.07 Å². The van der Waals surface area contributed by atoms with Gasteiger partial charge in [0.2, 0.25) is 0 Å². The maximum atomic E-state index is 11.9. The quantitative estimate of drug-likeness (QED) is 0.687. The number of nitrogens with zero attached hydrogens (tertiary/aromatic N) is 3. The largest absolute Gasteiger partial charge is 0.480 e. The highest BCUT2D eigenvalue weighted by Gasteiger charge is 2.23. The molecule has 2 amide bonds. The molecule has 1 aromatic heterocycles. The average molecular weight is 279 g/mol. The number of amides is 2. The molecule has 0 bridgehead atoms. The highest BCUT2D eigenvalue weighted by atomic mass is 16.4. The Bertz CT molecular complexity index is 494. The second kappa shape index (κ2) is 7.13. The van der Waals surface area contributed by atoms with Crippen molar-refractivity contribution in [3.63, 3.8) is 0 Å². The van der Waals surface area contributed by atoms with E-state index in [-0.39, 0.29) is 18.9 Å². The number of carboxylic acids is 1. The smallest absolute Gasteiger partial charge is 0.326 e. The van der Waals surface area contributed by atoms with E-state index in [2.05, 4.69) is 15.3 Å². The molecule has 8 heteroatoms. The fourth-order valence-electron chi connectivity index (χ4n) is 1.61. The Hall–Kier alpha value is -2.56. The lowest BCUT2D eigenvalue weighted by Gasteiger charge is -2.21. The molecule has 0 aliphatic carbocycles. The Morgan fingerprint density at radius 3 is 2.85 bits per heavy atom. The topological polar surface area (TPSA) is 122 Å². The monoisotopic (exact) mass is 279 g/mol. The van der Waals surface area contributed by atoms with Crippen LogP contribution in [0.3, 0.4) is 0 Å². The van der Waals surface area contributed by atoms with Crippen LogP contribution in [-0.4, -0.2) is 51.6 Å². The Labute approximate surface area is 116 Å². The van der Waals surface area contributed by atoms with Gasteiger partial charge in [-0.1, -0.05) is 0 Å². The Morgan fingerprint density at radius 2 is 2.35 bits per heavy atom. The highest BCUT2D eigenvalue weighted by Crippen LogP contribution is 2.01. The van der Waals surface area contributed by atoms with Gasteiger partial charge in [0.15, 0.2) is 0 Å². The average Bonchev–Trinajstić information content (AvgIpc) is 2.90. The van der Waals surface area contributed by atoms with Crippen molar-refractivity contribution < 1.29 is 14.7 Å². The number of hydrogen-bond donors (Lipinski definition) is 3. The van der Waals surface area contributed by atoms with Gasteiger partial charge >= 0.3 is 12.0 Å². The van der Waals surface area contributed by atoms with Crippen molar-refractivity contribution in [2.75, 3.05) is 13.6 Å². The van der Waals surface area contributed by atoms with E-state index >= 15 is 0 Å². The molecule has 108 valence electrons. The van der Waals surface area contributed by atoms with Crippen LogP contribution in [0.2, 0.25) is 0 Å². The van der Waals surface area contributed by atoms with Crippen molar-refractivity contribution >= 4 is 12.0 Å². The summed E-state index contributed by atoms with van der Waals surface area (Å²) >= 11 is 0. The van der Waals surface area contributed by atoms with E-state index in [9.17, 15) is 9.59 Å². The molecule has 0 radical (unpaired) electrons. The third-order valence-corrected chi connectivity index (χ3v) is 2.69. The van der Waals surface area contributed by atoms with Gasteiger partial charge in [-0.3, -0.25) is 0 Å². The fraction of sp³-hybridized carbons (Fsp3) is 0.500. The van der Waals surface area contributed by atoms with E-state index in [1.807, 2.05) is 6.07 Å².